The molecule has 3 amide bonds. The van der Waals surface area contributed by atoms with Gasteiger partial charge in [0.1, 0.15) is 6.54 Å². The zero-order chi connectivity index (χ0) is 22.0. The molecule has 0 bridgehead atoms. The fourth-order valence-corrected chi connectivity index (χ4v) is 4.15. The highest BCUT2D eigenvalue weighted by Crippen LogP contribution is 2.33. The van der Waals surface area contributed by atoms with Crippen LogP contribution in [-0.2, 0) is 9.59 Å². The van der Waals surface area contributed by atoms with Gasteiger partial charge >= 0.3 is 0 Å². The number of carbonyl (C=O) groups excluding carboxylic acids is 3. The lowest BCUT2D eigenvalue weighted by Gasteiger charge is -2.13. The van der Waals surface area contributed by atoms with Crippen LogP contribution < -0.4 is 5.32 Å². The number of hydrogen-bond donors (Lipinski definition) is 1. The predicted octanol–water partition coefficient (Wildman–Crippen LogP) is 5.46. The third-order valence-electron chi connectivity index (χ3n) is 4.49. The third-order valence-corrected chi connectivity index (χ3v) is 5.98. The van der Waals surface area contributed by atoms with Crippen molar-refractivity contribution < 1.29 is 14.4 Å². The van der Waals surface area contributed by atoms with Gasteiger partial charge in [-0.15, -0.1) is 0 Å². The molecule has 6 nitrogen and oxygen atoms in total. The molecular formula is C22H15Cl2N3O3S. The molecule has 2 aromatic carbocycles. The van der Waals surface area contributed by atoms with E-state index < -0.39 is 23.6 Å². The Bertz CT molecular complexity index is 1200. The number of rotatable bonds is 5. The van der Waals surface area contributed by atoms with Gasteiger partial charge in [0, 0.05) is 22.6 Å². The molecule has 3 aromatic rings. The molecule has 156 valence electrons. The van der Waals surface area contributed by atoms with E-state index in [-0.39, 0.29) is 4.91 Å². The molecule has 0 unspecified atom stereocenters. The lowest BCUT2D eigenvalue weighted by atomic mass is 10.3. The van der Waals surface area contributed by atoms with E-state index in [4.69, 9.17) is 23.2 Å². The van der Waals surface area contributed by atoms with E-state index in [0.29, 0.717) is 21.4 Å². The molecule has 1 aliphatic rings. The molecular weight excluding hydrogens is 457 g/mol. The maximum atomic E-state index is 12.8. The Labute approximate surface area is 192 Å². The molecule has 0 spiro atoms. The van der Waals surface area contributed by atoms with Crippen molar-refractivity contribution in [2.45, 2.75) is 0 Å². The van der Waals surface area contributed by atoms with Crippen molar-refractivity contribution in [3.63, 3.8) is 0 Å². The number of amides is 3. The van der Waals surface area contributed by atoms with Gasteiger partial charge < -0.3 is 9.88 Å². The second kappa shape index (κ2) is 9.01. The second-order valence-corrected chi connectivity index (χ2v) is 8.41. The summed E-state index contributed by atoms with van der Waals surface area (Å²) < 4.78 is 1.87. The van der Waals surface area contributed by atoms with Crippen molar-refractivity contribution in [2.75, 3.05) is 11.9 Å². The normalized spacial score (nSPS) is 15.0. The zero-order valence-electron chi connectivity index (χ0n) is 15.9. The smallest absolute Gasteiger partial charge is 0.294 e. The summed E-state index contributed by atoms with van der Waals surface area (Å²) >= 11 is 12.8. The molecule has 2 heterocycles. The SMILES string of the molecule is O=C(CN1C(=O)S/C(=C/c2cccn2-c2ccc(Cl)cc2)C1=O)Nc1ccccc1Cl. The Balaban J connectivity index is 1.51. The van der Waals surface area contributed by atoms with Gasteiger partial charge in [0.2, 0.25) is 5.91 Å². The minimum absolute atomic E-state index is 0.240. The zero-order valence-corrected chi connectivity index (χ0v) is 18.2. The standard InChI is InChI=1S/C22H15Cl2N3O3S/c23-14-7-9-15(10-8-14)26-11-3-4-16(26)12-19-21(29)27(22(30)31-19)13-20(28)25-18-6-2-1-5-17(18)24/h1-12H,13H2,(H,25,28)/b19-12+. The summed E-state index contributed by atoms with van der Waals surface area (Å²) in [5, 5.41) is 3.10. The van der Waals surface area contributed by atoms with Gasteiger partial charge in [-0.1, -0.05) is 35.3 Å². The van der Waals surface area contributed by atoms with Crippen LogP contribution in [-0.4, -0.2) is 33.1 Å². The maximum Gasteiger partial charge on any atom is 0.294 e. The Morgan fingerprint density at radius 1 is 1.00 bits per heavy atom. The van der Waals surface area contributed by atoms with Gasteiger partial charge in [-0.25, -0.2) is 0 Å². The number of halogens is 2. The first-order valence-electron chi connectivity index (χ1n) is 9.15. The summed E-state index contributed by atoms with van der Waals surface area (Å²) in [6.07, 6.45) is 3.47. The number of aromatic nitrogens is 1. The molecule has 4 rings (SSSR count). The summed E-state index contributed by atoms with van der Waals surface area (Å²) in [5.74, 6) is -1.03. The number of benzene rings is 2. The Morgan fingerprint density at radius 2 is 1.74 bits per heavy atom. The summed E-state index contributed by atoms with van der Waals surface area (Å²) in [6, 6.07) is 17.6. The number of thioether (sulfide) groups is 1. The molecule has 0 radical (unpaired) electrons. The fraction of sp³-hybridized carbons (Fsp3) is 0.0455. The van der Waals surface area contributed by atoms with Crippen molar-refractivity contribution in [3.05, 3.63) is 87.5 Å². The van der Waals surface area contributed by atoms with Gasteiger partial charge in [0.05, 0.1) is 15.6 Å². The number of hydrogen-bond acceptors (Lipinski definition) is 4. The summed E-state index contributed by atoms with van der Waals surface area (Å²) in [5.41, 5.74) is 1.99. The predicted molar refractivity (Wildman–Crippen MR) is 124 cm³/mol. The summed E-state index contributed by atoms with van der Waals surface area (Å²) in [4.78, 5) is 38.6. The highest BCUT2D eigenvalue weighted by Gasteiger charge is 2.36. The molecule has 31 heavy (non-hydrogen) atoms. The van der Waals surface area contributed by atoms with Crippen LogP contribution in [0.15, 0.2) is 71.8 Å². The number of para-hydroxylation sites is 1. The Morgan fingerprint density at radius 3 is 2.48 bits per heavy atom. The minimum Gasteiger partial charge on any atom is -0.323 e. The molecule has 1 saturated heterocycles. The number of nitrogens with one attached hydrogen (secondary N) is 1. The third kappa shape index (κ3) is 4.69. The van der Waals surface area contributed by atoms with E-state index in [2.05, 4.69) is 5.32 Å². The van der Waals surface area contributed by atoms with Crippen LogP contribution in [0.5, 0.6) is 0 Å². The van der Waals surface area contributed by atoms with E-state index in [9.17, 15) is 14.4 Å². The molecule has 1 aromatic heterocycles. The van der Waals surface area contributed by atoms with E-state index >= 15 is 0 Å². The first-order chi connectivity index (χ1) is 14.9. The van der Waals surface area contributed by atoms with Crippen molar-refractivity contribution >= 4 is 63.8 Å². The summed E-state index contributed by atoms with van der Waals surface area (Å²) in [7, 11) is 0. The highest BCUT2D eigenvalue weighted by molar-refractivity contribution is 8.18. The Hall–Kier alpha value is -3.00. The van der Waals surface area contributed by atoms with Crippen LogP contribution in [0.25, 0.3) is 11.8 Å². The highest BCUT2D eigenvalue weighted by atomic mass is 35.5. The van der Waals surface area contributed by atoms with Crippen LogP contribution in [0.3, 0.4) is 0 Å². The number of carbonyl (C=O) groups is 3. The van der Waals surface area contributed by atoms with Gasteiger partial charge in [-0.2, -0.15) is 0 Å². The average molecular weight is 472 g/mol. The second-order valence-electron chi connectivity index (χ2n) is 6.58. The number of imide groups is 1. The average Bonchev–Trinajstić information content (AvgIpc) is 3.30. The van der Waals surface area contributed by atoms with Crippen LogP contribution in [0.2, 0.25) is 10.0 Å². The van der Waals surface area contributed by atoms with Crippen molar-refractivity contribution in [1.29, 1.82) is 0 Å². The van der Waals surface area contributed by atoms with E-state index in [1.807, 2.05) is 35.0 Å². The minimum atomic E-state index is -0.520. The number of anilines is 1. The van der Waals surface area contributed by atoms with Gasteiger partial charge in [-0.3, -0.25) is 19.3 Å². The molecule has 1 N–H and O–H groups in total. The van der Waals surface area contributed by atoms with Gasteiger partial charge in [0.25, 0.3) is 11.1 Å². The van der Waals surface area contributed by atoms with Crippen LogP contribution in [0.4, 0.5) is 10.5 Å². The van der Waals surface area contributed by atoms with Crippen LogP contribution >= 0.6 is 35.0 Å². The molecule has 0 saturated carbocycles. The lowest BCUT2D eigenvalue weighted by molar-refractivity contribution is -0.127. The van der Waals surface area contributed by atoms with Crippen molar-refractivity contribution in [1.82, 2.24) is 9.47 Å². The van der Waals surface area contributed by atoms with E-state index in [1.165, 1.54) is 0 Å². The van der Waals surface area contributed by atoms with Gasteiger partial charge in [0.15, 0.2) is 0 Å². The topological polar surface area (TPSA) is 71.4 Å². The first kappa shape index (κ1) is 21.2. The Kier molecular flexibility index (Phi) is 6.18. The molecule has 1 aliphatic heterocycles. The van der Waals surface area contributed by atoms with Crippen LogP contribution in [0.1, 0.15) is 5.69 Å². The largest absolute Gasteiger partial charge is 0.323 e. The quantitative estimate of drug-likeness (QED) is 0.501. The lowest BCUT2D eigenvalue weighted by Crippen LogP contribution is -2.36. The van der Waals surface area contributed by atoms with Crippen molar-refractivity contribution in [3.8, 4) is 5.69 Å². The molecule has 0 aliphatic carbocycles. The van der Waals surface area contributed by atoms with Gasteiger partial charge in [-0.05, 0) is 66.4 Å². The molecule has 9 heteroatoms. The molecule has 0 atom stereocenters. The summed E-state index contributed by atoms with van der Waals surface area (Å²) in [6.45, 7) is -0.397. The fourth-order valence-electron chi connectivity index (χ4n) is 3.02. The van der Waals surface area contributed by atoms with E-state index in [0.717, 1.165) is 22.3 Å². The first-order valence-corrected chi connectivity index (χ1v) is 10.7. The van der Waals surface area contributed by atoms with Crippen LogP contribution in [0, 0.1) is 0 Å². The number of nitrogens with zero attached hydrogens (tertiary/aromatic N) is 2. The molecule has 1 fully saturated rings. The monoisotopic (exact) mass is 471 g/mol. The van der Waals surface area contributed by atoms with E-state index in [1.54, 1.807) is 42.5 Å². The maximum absolute atomic E-state index is 12.8. The van der Waals surface area contributed by atoms with Crippen molar-refractivity contribution in [2.24, 2.45) is 0 Å².